The van der Waals surface area contributed by atoms with Gasteiger partial charge in [0.15, 0.2) is 0 Å². The van der Waals surface area contributed by atoms with Crippen LogP contribution in [0.25, 0.3) is 11.0 Å². The molecular formula is C17H20ClN3O2. The molecule has 5 nitrogen and oxygen atoms in total. The summed E-state index contributed by atoms with van der Waals surface area (Å²) in [4.78, 5) is 21.0. The number of aromatic nitrogens is 3. The first-order chi connectivity index (χ1) is 11.2. The molecule has 2 bridgehead atoms. The largest absolute Gasteiger partial charge is 0.466 e. The molecule has 2 heterocycles. The first-order valence-corrected chi connectivity index (χ1v) is 8.72. The van der Waals surface area contributed by atoms with Gasteiger partial charge in [-0.05, 0) is 62.1 Å². The maximum absolute atomic E-state index is 12.6. The van der Waals surface area contributed by atoms with Gasteiger partial charge in [0.2, 0.25) is 5.28 Å². The van der Waals surface area contributed by atoms with Crippen molar-refractivity contribution in [1.82, 2.24) is 14.5 Å². The predicted octanol–water partition coefficient (Wildman–Crippen LogP) is 3.63. The van der Waals surface area contributed by atoms with Crippen LogP contribution >= 0.6 is 11.6 Å². The van der Waals surface area contributed by atoms with Gasteiger partial charge in [0.1, 0.15) is 5.65 Å². The lowest BCUT2D eigenvalue weighted by Crippen LogP contribution is -2.45. The van der Waals surface area contributed by atoms with Crippen molar-refractivity contribution in [3.63, 3.8) is 0 Å². The van der Waals surface area contributed by atoms with Crippen LogP contribution in [-0.2, 0) is 9.53 Å². The van der Waals surface area contributed by atoms with Crippen molar-refractivity contribution in [3.8, 4) is 0 Å². The van der Waals surface area contributed by atoms with Crippen LogP contribution in [0.1, 0.15) is 38.6 Å². The number of esters is 1. The van der Waals surface area contributed by atoms with Crippen LogP contribution in [0.2, 0.25) is 5.28 Å². The Labute approximate surface area is 140 Å². The van der Waals surface area contributed by atoms with Crippen molar-refractivity contribution in [2.24, 2.45) is 17.8 Å². The Morgan fingerprint density at radius 3 is 2.83 bits per heavy atom. The third-order valence-electron chi connectivity index (χ3n) is 5.48. The standard InChI is InChI=1S/C17H20ClN3O2/c1-2-23-16(22)13-10-3-5-11(6-4-10)14(13)21-8-7-12-9-19-17(18)20-15(12)21/h7-11,13-14H,2-6H2,1H3. The molecule has 2 atom stereocenters. The zero-order valence-corrected chi connectivity index (χ0v) is 13.9. The molecule has 6 heteroatoms. The molecule has 0 spiro atoms. The Hall–Kier alpha value is -1.62. The number of carbonyl (C=O) groups is 1. The highest BCUT2D eigenvalue weighted by Gasteiger charge is 2.49. The first-order valence-electron chi connectivity index (χ1n) is 8.34. The fraction of sp³-hybridized carbons (Fsp3) is 0.588. The normalized spacial score (nSPS) is 29.8. The fourth-order valence-corrected chi connectivity index (χ4v) is 4.67. The molecule has 0 saturated heterocycles. The number of fused-ring (bicyclic) bond motifs is 4. The number of carbonyl (C=O) groups excluding carboxylic acids is 1. The summed E-state index contributed by atoms with van der Waals surface area (Å²) in [6.07, 6.45) is 8.35. The summed E-state index contributed by atoms with van der Waals surface area (Å²) in [6.45, 7) is 2.30. The minimum Gasteiger partial charge on any atom is -0.466 e. The highest BCUT2D eigenvalue weighted by atomic mass is 35.5. The van der Waals surface area contributed by atoms with Gasteiger partial charge in [-0.15, -0.1) is 0 Å². The third-order valence-corrected chi connectivity index (χ3v) is 5.66. The summed E-state index contributed by atoms with van der Waals surface area (Å²) in [5, 5.41) is 1.20. The summed E-state index contributed by atoms with van der Waals surface area (Å²) in [7, 11) is 0. The average Bonchev–Trinajstić information content (AvgIpc) is 2.98. The van der Waals surface area contributed by atoms with E-state index in [4.69, 9.17) is 16.3 Å². The van der Waals surface area contributed by atoms with E-state index in [1.807, 2.05) is 19.2 Å². The molecule has 0 aromatic carbocycles. The topological polar surface area (TPSA) is 57.0 Å². The Kier molecular flexibility index (Phi) is 3.76. The van der Waals surface area contributed by atoms with Gasteiger partial charge >= 0.3 is 5.97 Å². The Balaban J connectivity index is 1.79. The van der Waals surface area contributed by atoms with Crippen molar-refractivity contribution in [3.05, 3.63) is 23.7 Å². The van der Waals surface area contributed by atoms with Gasteiger partial charge in [-0.2, -0.15) is 4.98 Å². The Bertz CT molecular complexity index is 737. The molecule has 3 fully saturated rings. The zero-order chi connectivity index (χ0) is 16.0. The average molecular weight is 334 g/mol. The van der Waals surface area contributed by atoms with Crippen molar-refractivity contribution in [2.45, 2.75) is 38.6 Å². The molecule has 0 N–H and O–H groups in total. The highest BCUT2D eigenvalue weighted by Crippen LogP contribution is 2.52. The molecule has 0 radical (unpaired) electrons. The lowest BCUT2D eigenvalue weighted by atomic mass is 9.61. The molecule has 3 saturated carbocycles. The summed E-state index contributed by atoms with van der Waals surface area (Å²) in [5.41, 5.74) is 0.817. The highest BCUT2D eigenvalue weighted by molar-refractivity contribution is 6.28. The predicted molar refractivity (Wildman–Crippen MR) is 87.1 cm³/mol. The van der Waals surface area contributed by atoms with E-state index in [1.54, 1.807) is 6.20 Å². The number of nitrogens with zero attached hydrogens (tertiary/aromatic N) is 3. The van der Waals surface area contributed by atoms with Gasteiger partial charge in [-0.1, -0.05) is 0 Å². The second-order valence-electron chi connectivity index (χ2n) is 6.58. The smallest absolute Gasteiger partial charge is 0.311 e. The third kappa shape index (κ3) is 2.42. The second-order valence-corrected chi connectivity index (χ2v) is 6.92. The molecule has 0 aliphatic heterocycles. The maximum Gasteiger partial charge on any atom is 0.311 e. The molecule has 2 unspecified atom stereocenters. The van der Waals surface area contributed by atoms with Crippen LogP contribution in [0, 0.1) is 17.8 Å². The van der Waals surface area contributed by atoms with E-state index in [1.165, 1.54) is 12.8 Å². The van der Waals surface area contributed by atoms with Gasteiger partial charge in [0.05, 0.1) is 18.6 Å². The minimum atomic E-state index is -0.0770. The van der Waals surface area contributed by atoms with Crippen molar-refractivity contribution < 1.29 is 9.53 Å². The van der Waals surface area contributed by atoms with Crippen molar-refractivity contribution >= 4 is 28.6 Å². The molecule has 2 aromatic rings. The van der Waals surface area contributed by atoms with Crippen LogP contribution < -0.4 is 0 Å². The first kappa shape index (κ1) is 14.9. The summed E-state index contributed by atoms with van der Waals surface area (Å²) < 4.78 is 7.53. The number of ether oxygens (including phenoxy) is 1. The van der Waals surface area contributed by atoms with E-state index in [2.05, 4.69) is 14.5 Å². The Morgan fingerprint density at radius 1 is 1.35 bits per heavy atom. The summed E-state index contributed by atoms with van der Waals surface area (Å²) >= 11 is 5.99. The number of rotatable bonds is 3. The van der Waals surface area contributed by atoms with Crippen molar-refractivity contribution in [1.29, 1.82) is 0 Å². The van der Waals surface area contributed by atoms with Gasteiger partial charge in [-0.3, -0.25) is 4.79 Å². The molecule has 2 aromatic heterocycles. The monoisotopic (exact) mass is 333 g/mol. The second kappa shape index (κ2) is 5.78. The van der Waals surface area contributed by atoms with Crippen LogP contribution in [0.3, 0.4) is 0 Å². The molecule has 3 aliphatic carbocycles. The summed E-state index contributed by atoms with van der Waals surface area (Å²) in [5.74, 6) is 0.776. The van der Waals surface area contributed by atoms with Gasteiger partial charge < -0.3 is 9.30 Å². The van der Waals surface area contributed by atoms with E-state index >= 15 is 0 Å². The molecular weight excluding hydrogens is 314 g/mol. The van der Waals surface area contributed by atoms with E-state index < -0.39 is 0 Å². The van der Waals surface area contributed by atoms with Crippen LogP contribution in [0.15, 0.2) is 18.5 Å². The van der Waals surface area contributed by atoms with E-state index in [-0.39, 0.29) is 23.2 Å². The fourth-order valence-electron chi connectivity index (χ4n) is 4.55. The van der Waals surface area contributed by atoms with Gasteiger partial charge in [0.25, 0.3) is 0 Å². The Morgan fingerprint density at radius 2 is 2.09 bits per heavy atom. The molecule has 23 heavy (non-hydrogen) atoms. The maximum atomic E-state index is 12.6. The van der Waals surface area contributed by atoms with Crippen molar-refractivity contribution in [2.75, 3.05) is 6.61 Å². The van der Waals surface area contributed by atoms with E-state index in [0.717, 1.165) is 23.9 Å². The number of hydrogen-bond acceptors (Lipinski definition) is 4. The van der Waals surface area contributed by atoms with Gasteiger partial charge in [0, 0.05) is 17.8 Å². The van der Waals surface area contributed by atoms with E-state index in [9.17, 15) is 4.79 Å². The van der Waals surface area contributed by atoms with Gasteiger partial charge in [-0.25, -0.2) is 4.98 Å². The SMILES string of the molecule is CCOC(=O)C1C2CCC(CC2)C1n1ccc2cnc(Cl)nc21. The minimum absolute atomic E-state index is 0.0612. The van der Waals surface area contributed by atoms with Crippen LogP contribution in [0.4, 0.5) is 0 Å². The number of hydrogen-bond donors (Lipinski definition) is 0. The molecule has 122 valence electrons. The molecule has 0 amide bonds. The summed E-state index contributed by atoms with van der Waals surface area (Å²) in [6, 6.07) is 2.11. The van der Waals surface area contributed by atoms with E-state index in [0.29, 0.717) is 18.4 Å². The number of halogens is 1. The quantitative estimate of drug-likeness (QED) is 0.636. The van der Waals surface area contributed by atoms with Crippen LogP contribution in [-0.4, -0.2) is 27.1 Å². The van der Waals surface area contributed by atoms with Crippen LogP contribution in [0.5, 0.6) is 0 Å². The lowest BCUT2D eigenvalue weighted by molar-refractivity contribution is -0.157. The zero-order valence-electron chi connectivity index (χ0n) is 13.1. The molecule has 5 rings (SSSR count). The lowest BCUT2D eigenvalue weighted by Gasteiger charge is -2.47. The molecule has 3 aliphatic rings.